The van der Waals surface area contributed by atoms with Gasteiger partial charge in [-0.1, -0.05) is 0 Å². The molecule has 0 radical (unpaired) electrons. The van der Waals surface area contributed by atoms with Gasteiger partial charge in [-0.15, -0.1) is 0 Å². The molecular weight excluding hydrogens is 276 g/mol. The van der Waals surface area contributed by atoms with Crippen LogP contribution in [0.25, 0.3) is 0 Å². The second-order valence-electron chi connectivity index (χ2n) is 4.12. The largest absolute Gasteiger partial charge is 0.480 e. The molecule has 1 aliphatic rings. The third-order valence-corrected chi connectivity index (χ3v) is 2.62. The zero-order valence-corrected chi connectivity index (χ0v) is 9.52. The van der Waals surface area contributed by atoms with Crippen LogP contribution in [0.3, 0.4) is 0 Å². The Morgan fingerprint density at radius 2 is 2.00 bits per heavy atom. The number of carbonyl (C=O) groups is 2. The van der Waals surface area contributed by atoms with E-state index in [0.29, 0.717) is 4.90 Å². The number of likely N-dealkylation sites (tertiary alicyclic amines) is 1. The molecule has 0 aliphatic carbocycles. The highest BCUT2D eigenvalue weighted by atomic mass is 19.3. The zero-order valence-electron chi connectivity index (χ0n) is 9.52. The molecule has 2 amide bonds. The topological polar surface area (TPSA) is 89.9 Å². The van der Waals surface area contributed by atoms with Crippen LogP contribution in [-0.2, 0) is 4.79 Å². The molecule has 1 saturated heterocycles. The number of alkyl halides is 4. The lowest BCUT2D eigenvalue weighted by molar-refractivity contribution is -0.141. The van der Waals surface area contributed by atoms with Crippen molar-refractivity contribution in [3.63, 3.8) is 0 Å². The van der Waals surface area contributed by atoms with E-state index >= 15 is 0 Å². The number of β-amino-alcohol motifs (C(OH)–C–C–N with tert-alkyl or cyclic N) is 1. The molecule has 6 nitrogen and oxygen atoms in total. The Bertz CT molecular complexity index is 366. The van der Waals surface area contributed by atoms with Gasteiger partial charge in [-0.25, -0.2) is 18.4 Å². The highest BCUT2D eigenvalue weighted by Gasteiger charge is 2.43. The predicted molar refractivity (Wildman–Crippen MR) is 53.1 cm³/mol. The van der Waals surface area contributed by atoms with E-state index in [-0.39, 0.29) is 13.0 Å². The summed E-state index contributed by atoms with van der Waals surface area (Å²) in [6.07, 6.45) is -5.27. The summed E-state index contributed by atoms with van der Waals surface area (Å²) in [5.74, 6) is -5.81. The van der Waals surface area contributed by atoms with Crippen molar-refractivity contribution in [2.75, 3.05) is 13.1 Å². The first-order valence-electron chi connectivity index (χ1n) is 5.26. The normalized spacial score (nSPS) is 23.8. The molecule has 1 heterocycles. The van der Waals surface area contributed by atoms with Gasteiger partial charge < -0.3 is 20.4 Å². The predicted octanol–water partition coefficient (Wildman–Crippen LogP) is 0.116. The lowest BCUT2D eigenvalue weighted by Gasteiger charge is -2.23. The molecule has 2 atom stereocenters. The number of urea groups is 1. The quantitative estimate of drug-likeness (QED) is 0.641. The van der Waals surface area contributed by atoms with Crippen LogP contribution in [0.1, 0.15) is 6.42 Å². The Hall–Kier alpha value is -1.58. The van der Waals surface area contributed by atoms with Crippen LogP contribution < -0.4 is 5.32 Å². The number of halogens is 4. The standard InChI is InChI=1S/C9H12F4N2O4/c10-7(11)9(12,13)3-14-8(19)15-2-4(16)1-5(15)6(17)18/h4-5,7,16H,1-3H2,(H,14,19)(H,17,18). The second-order valence-corrected chi connectivity index (χ2v) is 4.12. The minimum absolute atomic E-state index is 0.242. The van der Waals surface area contributed by atoms with Crippen molar-refractivity contribution in [2.45, 2.75) is 30.9 Å². The molecule has 0 saturated carbocycles. The number of amides is 2. The number of aliphatic carboxylic acids is 1. The summed E-state index contributed by atoms with van der Waals surface area (Å²) in [7, 11) is 0. The molecule has 0 spiro atoms. The number of rotatable bonds is 4. The van der Waals surface area contributed by atoms with Gasteiger partial charge in [-0.3, -0.25) is 0 Å². The fourth-order valence-corrected chi connectivity index (χ4v) is 1.64. The highest BCUT2D eigenvalue weighted by molar-refractivity contribution is 5.83. The summed E-state index contributed by atoms with van der Waals surface area (Å²) in [6.45, 7) is -1.97. The summed E-state index contributed by atoms with van der Waals surface area (Å²) in [5, 5.41) is 19.5. The SMILES string of the molecule is O=C(O)C1CC(O)CN1C(=O)NCC(F)(F)C(F)F. The summed E-state index contributed by atoms with van der Waals surface area (Å²) in [6, 6.07) is -2.60. The van der Waals surface area contributed by atoms with Crippen molar-refractivity contribution in [3.8, 4) is 0 Å². The van der Waals surface area contributed by atoms with Gasteiger partial charge in [0.25, 0.3) is 0 Å². The summed E-state index contributed by atoms with van der Waals surface area (Å²) in [5.41, 5.74) is 0. The maximum absolute atomic E-state index is 12.6. The van der Waals surface area contributed by atoms with E-state index in [1.165, 1.54) is 5.32 Å². The Labute approximate surface area is 105 Å². The van der Waals surface area contributed by atoms with Crippen molar-refractivity contribution in [1.82, 2.24) is 10.2 Å². The van der Waals surface area contributed by atoms with Crippen molar-refractivity contribution < 1.29 is 37.4 Å². The molecule has 0 aromatic heterocycles. The number of carboxylic acids is 1. The fraction of sp³-hybridized carbons (Fsp3) is 0.778. The maximum atomic E-state index is 12.6. The number of nitrogens with one attached hydrogen (secondary N) is 1. The lowest BCUT2D eigenvalue weighted by Crippen LogP contribution is -2.50. The third-order valence-electron chi connectivity index (χ3n) is 2.62. The minimum Gasteiger partial charge on any atom is -0.480 e. The van der Waals surface area contributed by atoms with Gasteiger partial charge in [0.05, 0.1) is 12.6 Å². The monoisotopic (exact) mass is 288 g/mol. The first-order chi connectivity index (χ1) is 8.65. The molecular formula is C9H12F4N2O4. The first kappa shape index (κ1) is 15.5. The van der Waals surface area contributed by atoms with E-state index in [0.717, 1.165) is 0 Å². The average Bonchev–Trinajstić information content (AvgIpc) is 2.68. The van der Waals surface area contributed by atoms with Gasteiger partial charge >= 0.3 is 24.3 Å². The first-order valence-corrected chi connectivity index (χ1v) is 5.26. The van der Waals surface area contributed by atoms with Gasteiger partial charge in [0.15, 0.2) is 0 Å². The summed E-state index contributed by atoms with van der Waals surface area (Å²) >= 11 is 0. The second kappa shape index (κ2) is 5.59. The molecule has 19 heavy (non-hydrogen) atoms. The van der Waals surface area contributed by atoms with Crippen LogP contribution in [0.2, 0.25) is 0 Å². The van der Waals surface area contributed by atoms with E-state index in [9.17, 15) is 32.3 Å². The zero-order chi connectivity index (χ0) is 14.8. The number of aliphatic hydroxyl groups excluding tert-OH is 1. The van der Waals surface area contributed by atoms with E-state index in [4.69, 9.17) is 5.11 Å². The molecule has 0 bridgehead atoms. The summed E-state index contributed by atoms with van der Waals surface area (Å²) < 4.78 is 48.9. The number of carboxylic acid groups (broad SMARTS) is 1. The van der Waals surface area contributed by atoms with E-state index < -0.39 is 43.0 Å². The van der Waals surface area contributed by atoms with E-state index in [1.807, 2.05) is 0 Å². The number of nitrogens with zero attached hydrogens (tertiary/aromatic N) is 1. The number of carbonyl (C=O) groups excluding carboxylic acids is 1. The fourth-order valence-electron chi connectivity index (χ4n) is 1.64. The van der Waals surface area contributed by atoms with Crippen LogP contribution in [0.5, 0.6) is 0 Å². The molecule has 0 aromatic rings. The van der Waals surface area contributed by atoms with Crippen LogP contribution in [0.4, 0.5) is 22.4 Å². The Kier molecular flexibility index (Phi) is 4.56. The Balaban J connectivity index is 2.60. The van der Waals surface area contributed by atoms with Crippen LogP contribution in [-0.4, -0.2) is 64.7 Å². The molecule has 1 aliphatic heterocycles. The van der Waals surface area contributed by atoms with Crippen molar-refractivity contribution >= 4 is 12.0 Å². The molecule has 1 fully saturated rings. The van der Waals surface area contributed by atoms with Crippen molar-refractivity contribution in [3.05, 3.63) is 0 Å². The van der Waals surface area contributed by atoms with Crippen LogP contribution in [0, 0.1) is 0 Å². The molecule has 3 N–H and O–H groups in total. The van der Waals surface area contributed by atoms with Gasteiger partial charge in [-0.05, 0) is 0 Å². The molecule has 1 rings (SSSR count). The highest BCUT2D eigenvalue weighted by Crippen LogP contribution is 2.22. The minimum atomic E-state index is -4.40. The van der Waals surface area contributed by atoms with Crippen molar-refractivity contribution in [2.24, 2.45) is 0 Å². The molecule has 10 heteroatoms. The third kappa shape index (κ3) is 3.69. The van der Waals surface area contributed by atoms with E-state index in [2.05, 4.69) is 0 Å². The number of hydrogen-bond donors (Lipinski definition) is 3. The van der Waals surface area contributed by atoms with Crippen molar-refractivity contribution in [1.29, 1.82) is 0 Å². The average molecular weight is 288 g/mol. The van der Waals surface area contributed by atoms with Crippen LogP contribution >= 0.6 is 0 Å². The summed E-state index contributed by atoms with van der Waals surface area (Å²) in [4.78, 5) is 22.8. The maximum Gasteiger partial charge on any atom is 0.326 e. The smallest absolute Gasteiger partial charge is 0.326 e. The lowest BCUT2D eigenvalue weighted by atomic mass is 10.2. The van der Waals surface area contributed by atoms with Crippen LogP contribution in [0.15, 0.2) is 0 Å². The molecule has 110 valence electrons. The Morgan fingerprint density at radius 3 is 2.47 bits per heavy atom. The van der Waals surface area contributed by atoms with Gasteiger partial charge in [0.1, 0.15) is 6.04 Å². The van der Waals surface area contributed by atoms with Gasteiger partial charge in [-0.2, -0.15) is 8.78 Å². The molecule has 2 unspecified atom stereocenters. The van der Waals surface area contributed by atoms with Gasteiger partial charge in [0, 0.05) is 13.0 Å². The number of aliphatic hydroxyl groups is 1. The number of hydrogen-bond acceptors (Lipinski definition) is 3. The van der Waals surface area contributed by atoms with Gasteiger partial charge in [0.2, 0.25) is 0 Å². The van der Waals surface area contributed by atoms with E-state index in [1.54, 1.807) is 0 Å². The Morgan fingerprint density at radius 1 is 1.42 bits per heavy atom. The molecule has 0 aromatic carbocycles.